The molecule has 0 spiro atoms. The van der Waals surface area contributed by atoms with Gasteiger partial charge in [0.15, 0.2) is 17.5 Å². The lowest BCUT2D eigenvalue weighted by atomic mass is 9.77. The number of rotatable bonds is 8. The molecule has 1 atom stereocenters. The van der Waals surface area contributed by atoms with E-state index in [0.29, 0.717) is 60.3 Å². The minimum absolute atomic E-state index is 0.0216. The number of nitrogens with one attached hydrogen (secondary N) is 4. The lowest BCUT2D eigenvalue weighted by Gasteiger charge is -2.38. The fourth-order valence-electron chi connectivity index (χ4n) is 5.49. The summed E-state index contributed by atoms with van der Waals surface area (Å²) in [7, 11) is 1.56. The predicted octanol–water partition coefficient (Wildman–Crippen LogP) is 3.39. The molecule has 13 nitrogen and oxygen atoms in total. The van der Waals surface area contributed by atoms with E-state index in [1.54, 1.807) is 19.4 Å². The molecule has 1 fully saturated rings. The highest BCUT2D eigenvalue weighted by Gasteiger charge is 2.43. The Kier molecular flexibility index (Phi) is 7.14. The number of H-pyrrole nitrogens is 1. The number of aromatic amines is 1. The first-order valence-electron chi connectivity index (χ1n) is 13.8. The lowest BCUT2D eigenvalue weighted by molar-refractivity contribution is -0.148. The van der Waals surface area contributed by atoms with Gasteiger partial charge < -0.3 is 20.7 Å². The van der Waals surface area contributed by atoms with Crippen molar-refractivity contribution in [3.63, 3.8) is 0 Å². The maximum Gasteiger partial charge on any atom is 0.252 e. The van der Waals surface area contributed by atoms with Crippen LogP contribution in [0.1, 0.15) is 67.2 Å². The van der Waals surface area contributed by atoms with E-state index in [2.05, 4.69) is 41.2 Å². The van der Waals surface area contributed by atoms with Crippen molar-refractivity contribution in [1.82, 2.24) is 40.2 Å². The van der Waals surface area contributed by atoms with Gasteiger partial charge in [-0.15, -0.1) is 0 Å². The highest BCUT2D eigenvalue weighted by atomic mass is 19.1. The first-order chi connectivity index (χ1) is 20.2. The van der Waals surface area contributed by atoms with Crippen LogP contribution in [0.2, 0.25) is 0 Å². The second kappa shape index (κ2) is 10.9. The van der Waals surface area contributed by atoms with E-state index in [-0.39, 0.29) is 30.2 Å². The van der Waals surface area contributed by atoms with Crippen LogP contribution in [0, 0.1) is 12.7 Å². The quantitative estimate of drug-likeness (QED) is 0.247. The molecule has 2 aliphatic rings. The Bertz CT molecular complexity index is 1630. The summed E-state index contributed by atoms with van der Waals surface area (Å²) in [6, 6.07) is 5.07. The van der Waals surface area contributed by atoms with Crippen molar-refractivity contribution >= 4 is 29.3 Å². The molecule has 4 aromatic rings. The minimum Gasteiger partial charge on any atom is -0.368 e. The van der Waals surface area contributed by atoms with E-state index in [0.717, 1.165) is 17.5 Å². The summed E-state index contributed by atoms with van der Waals surface area (Å²) in [6.45, 7) is 3.78. The summed E-state index contributed by atoms with van der Waals surface area (Å²) < 4.78 is 20.5. The Hall–Kier alpha value is -4.72. The second-order valence-electron chi connectivity index (χ2n) is 10.8. The molecular formula is C28H31FN10O3. The van der Waals surface area contributed by atoms with Gasteiger partial charge in [-0.2, -0.15) is 10.2 Å². The van der Waals surface area contributed by atoms with E-state index < -0.39 is 11.4 Å². The van der Waals surface area contributed by atoms with E-state index in [4.69, 9.17) is 9.72 Å². The van der Waals surface area contributed by atoms with Crippen LogP contribution in [0.25, 0.3) is 5.82 Å². The number of carbonyl (C=O) groups excluding carboxylic acids is 2. The van der Waals surface area contributed by atoms with E-state index in [1.165, 1.54) is 10.9 Å². The largest absolute Gasteiger partial charge is 0.368 e. The number of halogens is 1. The molecule has 6 rings (SSSR count). The molecule has 1 aliphatic carbocycles. The Morgan fingerprint density at radius 3 is 2.69 bits per heavy atom. The predicted molar refractivity (Wildman–Crippen MR) is 150 cm³/mol. The molecule has 5 heterocycles. The van der Waals surface area contributed by atoms with Crippen LogP contribution < -0.4 is 16.0 Å². The summed E-state index contributed by atoms with van der Waals surface area (Å²) >= 11 is 0. The number of fused-ring (bicyclic) bond motifs is 1. The van der Waals surface area contributed by atoms with Crippen LogP contribution in [0.4, 0.5) is 21.8 Å². The minimum atomic E-state index is -0.997. The fourth-order valence-corrected chi connectivity index (χ4v) is 5.49. The first kappa shape index (κ1) is 27.4. The molecule has 0 unspecified atom stereocenters. The highest BCUT2D eigenvalue weighted by molar-refractivity contribution is 5.99. The third-order valence-electron chi connectivity index (χ3n) is 7.94. The Morgan fingerprint density at radius 2 is 2.05 bits per heavy atom. The normalized spacial score (nSPS) is 20.6. The average molecular weight is 575 g/mol. The zero-order valence-corrected chi connectivity index (χ0v) is 23.4. The van der Waals surface area contributed by atoms with Crippen LogP contribution in [0.3, 0.4) is 0 Å². The maximum absolute atomic E-state index is 13.5. The second-order valence-corrected chi connectivity index (χ2v) is 10.8. The Labute approximate surface area is 240 Å². The van der Waals surface area contributed by atoms with Gasteiger partial charge in [-0.3, -0.25) is 14.7 Å². The Morgan fingerprint density at radius 1 is 1.24 bits per heavy atom. The number of aryl methyl sites for hydroxylation is 1. The number of ether oxygens (including phenoxy) is 1. The number of hydrogen-bond donors (Lipinski definition) is 4. The number of aromatic nitrogens is 7. The summed E-state index contributed by atoms with van der Waals surface area (Å²) in [5, 5.41) is 20.2. The van der Waals surface area contributed by atoms with E-state index in [9.17, 15) is 14.0 Å². The maximum atomic E-state index is 13.5. The third-order valence-corrected chi connectivity index (χ3v) is 7.94. The molecule has 218 valence electrons. The summed E-state index contributed by atoms with van der Waals surface area (Å²) in [6.07, 6.45) is 6.38. The summed E-state index contributed by atoms with van der Waals surface area (Å²) in [5.41, 5.74) is 1.40. The number of amides is 2. The summed E-state index contributed by atoms with van der Waals surface area (Å²) in [4.78, 5) is 39.5. The molecule has 4 aromatic heterocycles. The molecule has 0 saturated heterocycles. The molecule has 0 bridgehead atoms. The number of carbonyl (C=O) groups is 2. The molecule has 42 heavy (non-hydrogen) atoms. The standard InChI is InChI=1S/C28H31FN10O3/c1-15-10-21(38-37-15)33-25-20-11-23(40)34-26(20)36-24(35-25)17-6-8-28(42-3,9-7-17)27(41)32-16(2)18-4-5-22(30-12-18)39-14-19(29)13-31-39/h4-5,10,12-14,16-17H,6-9,11H2,1-3H3,(H,32,41)(H3,33,34,35,36,37,38,40)/t16-,17-,28+/m0/s1. The molecule has 1 aliphatic heterocycles. The van der Waals surface area contributed by atoms with Crippen molar-refractivity contribution in [2.75, 3.05) is 17.7 Å². The van der Waals surface area contributed by atoms with Crippen LogP contribution >= 0.6 is 0 Å². The fraction of sp³-hybridized carbons (Fsp3) is 0.393. The topological polar surface area (TPSA) is 165 Å². The van der Waals surface area contributed by atoms with Crippen LogP contribution in [0.15, 0.2) is 36.8 Å². The first-order valence-corrected chi connectivity index (χ1v) is 13.8. The number of hydrogen-bond acceptors (Lipinski definition) is 9. The van der Waals surface area contributed by atoms with Gasteiger partial charge in [0.05, 0.1) is 24.9 Å². The van der Waals surface area contributed by atoms with Gasteiger partial charge >= 0.3 is 0 Å². The van der Waals surface area contributed by atoms with Gasteiger partial charge in [-0.1, -0.05) is 6.07 Å². The van der Waals surface area contributed by atoms with Crippen molar-refractivity contribution in [2.24, 2.45) is 0 Å². The third kappa shape index (κ3) is 5.32. The number of nitrogens with zero attached hydrogens (tertiary/aromatic N) is 6. The zero-order chi connectivity index (χ0) is 29.4. The van der Waals surface area contributed by atoms with Crippen LogP contribution in [-0.2, 0) is 20.7 Å². The van der Waals surface area contributed by atoms with Gasteiger partial charge in [0.25, 0.3) is 5.91 Å². The number of pyridine rings is 1. The van der Waals surface area contributed by atoms with E-state index >= 15 is 0 Å². The summed E-state index contributed by atoms with van der Waals surface area (Å²) in [5.74, 6) is 1.93. The monoisotopic (exact) mass is 574 g/mol. The van der Waals surface area contributed by atoms with Crippen molar-refractivity contribution in [3.05, 3.63) is 65.3 Å². The van der Waals surface area contributed by atoms with Crippen molar-refractivity contribution in [3.8, 4) is 5.82 Å². The van der Waals surface area contributed by atoms with Crippen LogP contribution in [-0.4, -0.2) is 59.5 Å². The van der Waals surface area contributed by atoms with E-state index in [1.807, 2.05) is 26.0 Å². The number of anilines is 3. The van der Waals surface area contributed by atoms with Crippen molar-refractivity contribution < 1.29 is 18.7 Å². The molecule has 1 saturated carbocycles. The smallest absolute Gasteiger partial charge is 0.252 e. The van der Waals surface area contributed by atoms with Gasteiger partial charge in [-0.05, 0) is 51.2 Å². The molecular weight excluding hydrogens is 543 g/mol. The molecule has 0 aromatic carbocycles. The zero-order valence-electron chi connectivity index (χ0n) is 23.4. The molecule has 14 heteroatoms. The molecule has 4 N–H and O–H groups in total. The Balaban J connectivity index is 1.13. The van der Waals surface area contributed by atoms with Crippen molar-refractivity contribution in [2.45, 2.75) is 63.5 Å². The number of methoxy groups -OCH3 is 1. The van der Waals surface area contributed by atoms with Gasteiger partial charge in [0.2, 0.25) is 5.91 Å². The van der Waals surface area contributed by atoms with Crippen molar-refractivity contribution in [1.29, 1.82) is 0 Å². The van der Waals surface area contributed by atoms with Crippen LogP contribution in [0.5, 0.6) is 0 Å². The molecule has 2 amide bonds. The molecule has 0 radical (unpaired) electrons. The van der Waals surface area contributed by atoms with Gasteiger partial charge in [0.1, 0.15) is 23.1 Å². The highest BCUT2D eigenvalue weighted by Crippen LogP contribution is 2.41. The lowest BCUT2D eigenvalue weighted by Crippen LogP contribution is -2.50. The average Bonchev–Trinajstić information content (AvgIpc) is 3.72. The SMILES string of the molecule is CO[C@]1(C(=O)N[C@@H](C)c2ccc(-n3cc(F)cn3)nc2)CC[C@H](c2nc3c(c(Nc4cc(C)[nH]n4)n2)CC(=O)N3)CC1. The van der Waals surface area contributed by atoms with Gasteiger partial charge in [0, 0.05) is 36.5 Å². The van der Waals surface area contributed by atoms with Gasteiger partial charge in [-0.25, -0.2) is 24.0 Å².